The van der Waals surface area contributed by atoms with Crippen molar-refractivity contribution in [3.8, 4) is 5.75 Å². The van der Waals surface area contributed by atoms with Gasteiger partial charge < -0.3 is 4.74 Å². The first-order valence-corrected chi connectivity index (χ1v) is 8.05. The van der Waals surface area contributed by atoms with E-state index in [2.05, 4.69) is 15.9 Å². The van der Waals surface area contributed by atoms with E-state index in [0.717, 1.165) is 12.2 Å². The van der Waals surface area contributed by atoms with E-state index in [-0.39, 0.29) is 0 Å². The van der Waals surface area contributed by atoms with Crippen LogP contribution >= 0.6 is 39.1 Å². The van der Waals surface area contributed by atoms with E-state index < -0.39 is 0 Å². The van der Waals surface area contributed by atoms with Crippen LogP contribution in [0.25, 0.3) is 0 Å². The van der Waals surface area contributed by atoms with Crippen molar-refractivity contribution in [2.24, 2.45) is 5.41 Å². The van der Waals surface area contributed by atoms with Crippen LogP contribution in [0.1, 0.15) is 32.1 Å². The predicted molar refractivity (Wildman–Crippen MR) is 79.1 cm³/mol. The molecule has 0 radical (unpaired) electrons. The molecule has 2 atom stereocenters. The van der Waals surface area contributed by atoms with E-state index in [0.29, 0.717) is 26.4 Å². The van der Waals surface area contributed by atoms with Crippen molar-refractivity contribution in [2.45, 2.75) is 43.0 Å². The van der Waals surface area contributed by atoms with Gasteiger partial charge in [-0.1, -0.05) is 52.0 Å². The largest absolute Gasteiger partial charge is 0.490 e. The smallest absolute Gasteiger partial charge is 0.121 e. The van der Waals surface area contributed by atoms with Gasteiger partial charge in [0.05, 0.1) is 10.0 Å². The zero-order valence-corrected chi connectivity index (χ0v) is 13.1. The Morgan fingerprint density at radius 1 is 1.17 bits per heavy atom. The quantitative estimate of drug-likeness (QED) is 0.643. The molecule has 2 aliphatic rings. The summed E-state index contributed by atoms with van der Waals surface area (Å²) >= 11 is 15.7. The van der Waals surface area contributed by atoms with Crippen molar-refractivity contribution in [3.05, 3.63) is 28.2 Å². The first-order valence-electron chi connectivity index (χ1n) is 6.37. The van der Waals surface area contributed by atoms with Gasteiger partial charge in [-0.15, -0.1) is 0 Å². The molecule has 1 aromatic rings. The van der Waals surface area contributed by atoms with Crippen LogP contribution < -0.4 is 4.74 Å². The Morgan fingerprint density at radius 2 is 1.89 bits per heavy atom. The third-order valence-electron chi connectivity index (χ3n) is 4.39. The molecule has 18 heavy (non-hydrogen) atoms. The van der Waals surface area contributed by atoms with Crippen LogP contribution in [0.15, 0.2) is 18.2 Å². The van der Waals surface area contributed by atoms with E-state index in [1.807, 2.05) is 12.1 Å². The van der Waals surface area contributed by atoms with Gasteiger partial charge in [-0.25, -0.2) is 0 Å². The summed E-state index contributed by atoms with van der Waals surface area (Å²) in [6, 6.07) is 5.51. The molecule has 2 saturated carbocycles. The number of rotatable bonds is 2. The molecular formula is C14H15BrCl2O. The number of hydrogen-bond acceptors (Lipinski definition) is 1. The van der Waals surface area contributed by atoms with Crippen molar-refractivity contribution >= 4 is 39.1 Å². The lowest BCUT2D eigenvalue weighted by Crippen LogP contribution is -2.55. The van der Waals surface area contributed by atoms with Crippen LogP contribution in [0.5, 0.6) is 5.75 Å². The van der Waals surface area contributed by atoms with Crippen molar-refractivity contribution in [2.75, 3.05) is 0 Å². The van der Waals surface area contributed by atoms with Gasteiger partial charge in [0.1, 0.15) is 11.9 Å². The molecule has 2 aliphatic carbocycles. The molecule has 0 amide bonds. The van der Waals surface area contributed by atoms with Gasteiger partial charge in [0, 0.05) is 16.3 Å². The van der Waals surface area contributed by atoms with Crippen molar-refractivity contribution in [1.29, 1.82) is 0 Å². The summed E-state index contributed by atoms with van der Waals surface area (Å²) in [7, 11) is 0. The second-order valence-electron chi connectivity index (χ2n) is 5.33. The third kappa shape index (κ3) is 2.07. The maximum atomic E-state index is 6.12. The highest BCUT2D eigenvalue weighted by molar-refractivity contribution is 9.09. The van der Waals surface area contributed by atoms with Gasteiger partial charge in [0.15, 0.2) is 0 Å². The number of halogens is 3. The molecule has 1 spiro atoms. The Morgan fingerprint density at radius 3 is 2.50 bits per heavy atom. The summed E-state index contributed by atoms with van der Waals surface area (Å²) < 4.78 is 6.12. The van der Waals surface area contributed by atoms with Crippen LogP contribution in [0, 0.1) is 5.41 Å². The van der Waals surface area contributed by atoms with Crippen LogP contribution in [0.4, 0.5) is 0 Å². The van der Waals surface area contributed by atoms with Gasteiger partial charge in [-0.2, -0.15) is 0 Å². The number of hydrogen-bond donors (Lipinski definition) is 0. The predicted octanol–water partition coefficient (Wildman–Crippen LogP) is 5.47. The molecule has 0 bridgehead atoms. The molecule has 3 rings (SSSR count). The summed E-state index contributed by atoms with van der Waals surface area (Å²) in [5, 5.41) is 1.14. The molecule has 2 fully saturated rings. The molecule has 4 heteroatoms. The average molecular weight is 350 g/mol. The normalized spacial score (nSPS) is 29.3. The van der Waals surface area contributed by atoms with Gasteiger partial charge >= 0.3 is 0 Å². The van der Waals surface area contributed by atoms with Crippen molar-refractivity contribution in [1.82, 2.24) is 0 Å². The highest BCUT2D eigenvalue weighted by Crippen LogP contribution is 2.57. The van der Waals surface area contributed by atoms with Crippen LogP contribution in [0.3, 0.4) is 0 Å². The maximum absolute atomic E-state index is 6.12. The second-order valence-corrected chi connectivity index (χ2v) is 7.25. The molecule has 0 aromatic heterocycles. The molecule has 0 N–H and O–H groups in total. The van der Waals surface area contributed by atoms with Crippen molar-refractivity contribution in [3.63, 3.8) is 0 Å². The Bertz CT molecular complexity index is 457. The number of benzene rings is 1. The van der Waals surface area contributed by atoms with Gasteiger partial charge in [0.25, 0.3) is 0 Å². The van der Waals surface area contributed by atoms with E-state index in [9.17, 15) is 0 Å². The second kappa shape index (κ2) is 4.88. The standard InChI is InChI=1S/C14H15BrCl2O/c15-12-8-13(14(12)5-1-2-6-14)18-9-3-4-10(16)11(17)7-9/h3-4,7,12-13H,1-2,5-6,8H2. The van der Waals surface area contributed by atoms with Gasteiger partial charge in [-0.05, 0) is 31.4 Å². The number of ether oxygens (including phenoxy) is 1. The lowest BCUT2D eigenvalue weighted by molar-refractivity contribution is -0.0303. The molecule has 0 aliphatic heterocycles. The molecule has 98 valence electrons. The summed E-state index contributed by atoms with van der Waals surface area (Å²) in [5.41, 5.74) is 0.353. The van der Waals surface area contributed by atoms with Crippen LogP contribution in [-0.2, 0) is 0 Å². The summed E-state index contributed by atoms with van der Waals surface area (Å²) in [4.78, 5) is 0.611. The van der Waals surface area contributed by atoms with Gasteiger partial charge in [0.2, 0.25) is 0 Å². The fraction of sp³-hybridized carbons (Fsp3) is 0.571. The minimum atomic E-state index is 0.321. The Hall–Kier alpha value is 0.0800. The maximum Gasteiger partial charge on any atom is 0.121 e. The fourth-order valence-electron chi connectivity index (χ4n) is 3.25. The highest BCUT2D eigenvalue weighted by atomic mass is 79.9. The Balaban J connectivity index is 1.75. The Kier molecular flexibility index (Phi) is 3.55. The molecule has 0 saturated heterocycles. The zero-order valence-electron chi connectivity index (χ0n) is 9.96. The van der Waals surface area contributed by atoms with Crippen LogP contribution in [0.2, 0.25) is 10.0 Å². The lowest BCUT2D eigenvalue weighted by Gasteiger charge is -2.51. The first-order chi connectivity index (χ1) is 8.62. The Labute approximate surface area is 126 Å². The van der Waals surface area contributed by atoms with E-state index in [1.54, 1.807) is 6.07 Å². The van der Waals surface area contributed by atoms with E-state index >= 15 is 0 Å². The summed E-state index contributed by atoms with van der Waals surface area (Å²) in [6.45, 7) is 0. The first kappa shape index (κ1) is 13.1. The third-order valence-corrected chi connectivity index (χ3v) is 6.41. The molecule has 2 unspecified atom stereocenters. The SMILES string of the molecule is Clc1ccc(OC2CC(Br)C23CCCC3)cc1Cl. The summed E-state index contributed by atoms with van der Waals surface area (Å²) in [5.74, 6) is 0.833. The minimum absolute atomic E-state index is 0.321. The fourth-order valence-corrected chi connectivity index (χ4v) is 4.63. The molecule has 0 heterocycles. The average Bonchev–Trinajstić information content (AvgIpc) is 2.85. The molecule has 1 aromatic carbocycles. The van der Waals surface area contributed by atoms with Crippen molar-refractivity contribution < 1.29 is 4.74 Å². The topological polar surface area (TPSA) is 9.23 Å². The van der Waals surface area contributed by atoms with E-state index in [4.69, 9.17) is 27.9 Å². The van der Waals surface area contributed by atoms with Gasteiger partial charge in [-0.3, -0.25) is 0 Å². The number of alkyl halides is 1. The molecular weight excluding hydrogens is 335 g/mol. The summed E-state index contributed by atoms with van der Waals surface area (Å²) in [6.07, 6.45) is 6.60. The zero-order chi connectivity index (χ0) is 12.8. The molecule has 1 nitrogen and oxygen atoms in total. The minimum Gasteiger partial charge on any atom is -0.490 e. The monoisotopic (exact) mass is 348 g/mol. The highest BCUT2D eigenvalue weighted by Gasteiger charge is 2.56. The van der Waals surface area contributed by atoms with E-state index in [1.165, 1.54) is 25.7 Å². The lowest BCUT2D eigenvalue weighted by atomic mass is 9.64. The van der Waals surface area contributed by atoms with Crippen LogP contribution in [-0.4, -0.2) is 10.9 Å².